The minimum Gasteiger partial charge on any atom is -0.480 e. The van der Waals surface area contributed by atoms with E-state index in [2.05, 4.69) is 4.72 Å². The molecule has 0 fully saturated rings. The maximum absolute atomic E-state index is 12.7. The molecule has 0 spiro atoms. The molecule has 1 aromatic rings. The van der Waals surface area contributed by atoms with Gasteiger partial charge in [0.05, 0.1) is 5.75 Å². The summed E-state index contributed by atoms with van der Waals surface area (Å²) in [6, 6.07) is 3.92. The second-order valence-electron chi connectivity index (χ2n) is 4.54. The van der Waals surface area contributed by atoms with Crippen molar-refractivity contribution >= 4 is 16.0 Å². The van der Waals surface area contributed by atoms with Crippen molar-refractivity contribution in [3.63, 3.8) is 0 Å². The Kier molecular flexibility index (Phi) is 6.09. The van der Waals surface area contributed by atoms with E-state index < -0.39 is 27.9 Å². The van der Waals surface area contributed by atoms with Gasteiger partial charge in [-0.25, -0.2) is 17.5 Å². The van der Waals surface area contributed by atoms with Gasteiger partial charge >= 0.3 is 5.97 Å². The van der Waals surface area contributed by atoms with Crippen LogP contribution in [-0.2, 0) is 20.6 Å². The summed E-state index contributed by atoms with van der Waals surface area (Å²) in [5.41, 5.74) is 0.401. The number of carboxylic acid groups (broad SMARTS) is 1. The zero-order valence-electron chi connectivity index (χ0n) is 11.2. The third-order valence-corrected chi connectivity index (χ3v) is 4.09. The van der Waals surface area contributed by atoms with Crippen LogP contribution in [0.2, 0.25) is 0 Å². The Hall–Kier alpha value is -1.47. The molecule has 0 aromatic heterocycles. The molecule has 0 aliphatic carbocycles. The van der Waals surface area contributed by atoms with E-state index in [0.717, 1.165) is 18.6 Å². The van der Waals surface area contributed by atoms with E-state index in [0.29, 0.717) is 12.0 Å². The highest BCUT2D eigenvalue weighted by atomic mass is 32.2. The highest BCUT2D eigenvalue weighted by Crippen LogP contribution is 2.09. The second-order valence-corrected chi connectivity index (χ2v) is 6.29. The number of carboxylic acids is 1. The van der Waals surface area contributed by atoms with Crippen molar-refractivity contribution in [1.29, 1.82) is 0 Å². The third-order valence-electron chi connectivity index (χ3n) is 2.74. The number of nitrogens with one attached hydrogen (secondary N) is 1. The molecule has 5 nitrogen and oxygen atoms in total. The standard InChI is InChI=1S/C13H18FNO4S/c1-2-3-4-12(13(16)17)15-20(18,19)9-10-5-7-11(14)8-6-10/h5-8,12,15H,2-4,9H2,1H3,(H,16,17). The molecule has 7 heteroatoms. The van der Waals surface area contributed by atoms with E-state index in [1.165, 1.54) is 12.1 Å². The molecule has 112 valence electrons. The molecule has 0 aliphatic heterocycles. The van der Waals surface area contributed by atoms with Gasteiger partial charge in [0, 0.05) is 0 Å². The largest absolute Gasteiger partial charge is 0.480 e. The van der Waals surface area contributed by atoms with Crippen LogP contribution in [0.25, 0.3) is 0 Å². The first-order valence-corrected chi connectivity index (χ1v) is 7.96. The van der Waals surface area contributed by atoms with Crippen molar-refractivity contribution in [3.05, 3.63) is 35.6 Å². The Balaban J connectivity index is 2.72. The molecule has 2 N–H and O–H groups in total. The molecule has 1 atom stereocenters. The summed E-state index contributed by atoms with van der Waals surface area (Å²) in [6.07, 6.45) is 1.65. The number of carbonyl (C=O) groups is 1. The molecule has 1 aromatic carbocycles. The number of hydrogen-bond donors (Lipinski definition) is 2. The van der Waals surface area contributed by atoms with Gasteiger partial charge in [-0.05, 0) is 24.1 Å². The van der Waals surface area contributed by atoms with Crippen molar-refractivity contribution in [1.82, 2.24) is 4.72 Å². The number of unbranched alkanes of at least 4 members (excludes halogenated alkanes) is 1. The van der Waals surface area contributed by atoms with Gasteiger partial charge in [-0.2, -0.15) is 0 Å². The summed E-state index contributed by atoms with van der Waals surface area (Å²) >= 11 is 0. The summed E-state index contributed by atoms with van der Waals surface area (Å²) in [7, 11) is -3.78. The number of aliphatic carboxylic acids is 1. The first kappa shape index (κ1) is 16.6. The summed E-state index contributed by atoms with van der Waals surface area (Å²) < 4.78 is 38.7. The minimum absolute atomic E-state index is 0.245. The molecule has 0 amide bonds. The number of halogens is 1. The molecular formula is C13H18FNO4S. The third kappa shape index (κ3) is 5.66. The minimum atomic E-state index is -3.78. The first-order chi connectivity index (χ1) is 9.34. The van der Waals surface area contributed by atoms with Crippen LogP contribution in [0.4, 0.5) is 4.39 Å². The molecule has 0 bridgehead atoms. The fraction of sp³-hybridized carbons (Fsp3) is 0.462. The zero-order valence-corrected chi connectivity index (χ0v) is 12.0. The highest BCUT2D eigenvalue weighted by molar-refractivity contribution is 7.88. The van der Waals surface area contributed by atoms with Crippen molar-refractivity contribution in [2.75, 3.05) is 0 Å². The molecule has 1 unspecified atom stereocenters. The SMILES string of the molecule is CCCCC(NS(=O)(=O)Cc1ccc(F)cc1)C(=O)O. The van der Waals surface area contributed by atoms with Crippen LogP contribution < -0.4 is 4.72 Å². The predicted molar refractivity (Wildman–Crippen MR) is 73.1 cm³/mol. The van der Waals surface area contributed by atoms with E-state index in [9.17, 15) is 17.6 Å². The lowest BCUT2D eigenvalue weighted by Gasteiger charge is -2.14. The number of hydrogen-bond acceptors (Lipinski definition) is 3. The molecule has 0 radical (unpaired) electrons. The van der Waals surface area contributed by atoms with E-state index >= 15 is 0 Å². The molecule has 0 aliphatic rings. The van der Waals surface area contributed by atoms with Gasteiger partial charge in [0.1, 0.15) is 11.9 Å². The Labute approximate surface area is 117 Å². The lowest BCUT2D eigenvalue weighted by atomic mass is 10.1. The van der Waals surface area contributed by atoms with Crippen molar-refractivity contribution in [2.24, 2.45) is 0 Å². The van der Waals surface area contributed by atoms with Crippen LogP contribution in [0.3, 0.4) is 0 Å². The Bertz CT molecular complexity index is 542. The summed E-state index contributed by atoms with van der Waals surface area (Å²) in [6.45, 7) is 1.89. The number of sulfonamides is 1. The maximum Gasteiger partial charge on any atom is 0.321 e. The molecule has 0 saturated carbocycles. The summed E-state index contributed by atoms with van der Waals surface area (Å²) in [5.74, 6) is -2.02. The van der Waals surface area contributed by atoms with Crippen molar-refractivity contribution in [3.8, 4) is 0 Å². The van der Waals surface area contributed by atoms with Crippen molar-refractivity contribution in [2.45, 2.75) is 38.0 Å². The Morgan fingerprint density at radius 1 is 1.35 bits per heavy atom. The molecule has 1 rings (SSSR count). The number of benzene rings is 1. The van der Waals surface area contributed by atoms with Gasteiger partial charge in [-0.3, -0.25) is 4.79 Å². The number of rotatable bonds is 8. The Morgan fingerprint density at radius 3 is 2.45 bits per heavy atom. The average molecular weight is 303 g/mol. The van der Waals surface area contributed by atoms with Crippen LogP contribution in [0.5, 0.6) is 0 Å². The van der Waals surface area contributed by atoms with Gasteiger partial charge in [0.25, 0.3) is 0 Å². The molecular weight excluding hydrogens is 285 g/mol. The normalized spacial score (nSPS) is 13.1. The monoisotopic (exact) mass is 303 g/mol. The molecule has 0 saturated heterocycles. The predicted octanol–water partition coefficient (Wildman–Crippen LogP) is 1.89. The first-order valence-electron chi connectivity index (χ1n) is 6.31. The van der Waals surface area contributed by atoms with E-state index in [1.807, 2.05) is 6.92 Å². The topological polar surface area (TPSA) is 83.5 Å². The van der Waals surface area contributed by atoms with Crippen LogP contribution in [0.15, 0.2) is 24.3 Å². The van der Waals surface area contributed by atoms with Crippen LogP contribution >= 0.6 is 0 Å². The lowest BCUT2D eigenvalue weighted by Crippen LogP contribution is -2.41. The van der Waals surface area contributed by atoms with Gasteiger partial charge in [0.15, 0.2) is 0 Å². The van der Waals surface area contributed by atoms with Gasteiger partial charge in [0.2, 0.25) is 10.0 Å². The lowest BCUT2D eigenvalue weighted by molar-refractivity contribution is -0.139. The summed E-state index contributed by atoms with van der Waals surface area (Å²) in [4.78, 5) is 11.0. The highest BCUT2D eigenvalue weighted by Gasteiger charge is 2.23. The van der Waals surface area contributed by atoms with Crippen LogP contribution in [0, 0.1) is 5.82 Å². The smallest absolute Gasteiger partial charge is 0.321 e. The van der Waals surface area contributed by atoms with Crippen LogP contribution in [0.1, 0.15) is 31.7 Å². The fourth-order valence-corrected chi connectivity index (χ4v) is 3.07. The second kappa shape index (κ2) is 7.35. The zero-order chi connectivity index (χ0) is 15.2. The summed E-state index contributed by atoms with van der Waals surface area (Å²) in [5, 5.41) is 8.99. The van der Waals surface area contributed by atoms with Crippen molar-refractivity contribution < 1.29 is 22.7 Å². The van der Waals surface area contributed by atoms with E-state index in [4.69, 9.17) is 5.11 Å². The van der Waals surface area contributed by atoms with Gasteiger partial charge in [-0.15, -0.1) is 0 Å². The maximum atomic E-state index is 12.7. The molecule has 0 heterocycles. The average Bonchev–Trinajstić information content (AvgIpc) is 2.36. The van der Waals surface area contributed by atoms with E-state index in [-0.39, 0.29) is 12.2 Å². The van der Waals surface area contributed by atoms with Gasteiger partial charge in [-0.1, -0.05) is 31.9 Å². The molecule has 20 heavy (non-hydrogen) atoms. The fourth-order valence-electron chi connectivity index (χ4n) is 1.70. The van der Waals surface area contributed by atoms with Gasteiger partial charge < -0.3 is 5.11 Å². The van der Waals surface area contributed by atoms with Crippen LogP contribution in [-0.4, -0.2) is 25.5 Å². The Morgan fingerprint density at radius 2 is 1.95 bits per heavy atom. The van der Waals surface area contributed by atoms with E-state index in [1.54, 1.807) is 0 Å². The quantitative estimate of drug-likeness (QED) is 0.768.